The predicted octanol–water partition coefficient (Wildman–Crippen LogP) is 6.23. The van der Waals surface area contributed by atoms with Gasteiger partial charge in [0.2, 0.25) is 6.20 Å². The summed E-state index contributed by atoms with van der Waals surface area (Å²) in [5.74, 6) is 0.422. The first-order valence-corrected chi connectivity index (χ1v) is 16.0. The maximum absolute atomic E-state index is 14.0. The van der Waals surface area contributed by atoms with Crippen molar-refractivity contribution in [2.45, 2.75) is 71.6 Å². The lowest BCUT2D eigenvalue weighted by molar-refractivity contribution is -0.671. The van der Waals surface area contributed by atoms with E-state index in [0.717, 1.165) is 11.3 Å². The van der Waals surface area contributed by atoms with Gasteiger partial charge in [0.25, 0.3) is 5.91 Å². The highest BCUT2D eigenvalue weighted by molar-refractivity contribution is 6.32. The van der Waals surface area contributed by atoms with Gasteiger partial charge in [-0.2, -0.15) is 0 Å². The molecule has 1 atom stereocenters. The number of aromatic nitrogens is 2. The van der Waals surface area contributed by atoms with Crippen LogP contribution in [-0.2, 0) is 22.9 Å². The molecule has 13 heteroatoms. The van der Waals surface area contributed by atoms with Gasteiger partial charge >= 0.3 is 12.2 Å². The number of aromatic amines is 1. The van der Waals surface area contributed by atoms with Crippen LogP contribution in [-0.4, -0.2) is 76.9 Å². The van der Waals surface area contributed by atoms with Crippen molar-refractivity contribution in [2.24, 2.45) is 7.05 Å². The van der Waals surface area contributed by atoms with Crippen molar-refractivity contribution < 1.29 is 37.9 Å². The number of amides is 3. The number of pyridine rings is 1. The highest BCUT2D eigenvalue weighted by Crippen LogP contribution is 2.44. The van der Waals surface area contributed by atoms with Gasteiger partial charge in [0.05, 0.1) is 46.4 Å². The molecule has 5 rings (SSSR count). The Hall–Kier alpha value is -4.45. The second-order valence-electron chi connectivity index (χ2n) is 13.7. The third-order valence-corrected chi connectivity index (χ3v) is 8.00. The van der Waals surface area contributed by atoms with Crippen LogP contribution in [0.1, 0.15) is 64.0 Å². The van der Waals surface area contributed by atoms with Gasteiger partial charge in [-0.3, -0.25) is 4.79 Å². The first-order chi connectivity index (χ1) is 22.1. The molecule has 0 aliphatic carbocycles. The quantitative estimate of drug-likeness (QED) is 0.284. The predicted molar refractivity (Wildman–Crippen MR) is 177 cm³/mol. The van der Waals surface area contributed by atoms with E-state index in [2.05, 4.69) is 10.3 Å². The lowest BCUT2D eigenvalue weighted by Crippen LogP contribution is -2.55. The van der Waals surface area contributed by atoms with E-state index in [-0.39, 0.29) is 25.3 Å². The summed E-state index contributed by atoms with van der Waals surface area (Å²) in [5.41, 5.74) is 1.77. The van der Waals surface area contributed by atoms with Gasteiger partial charge in [0, 0.05) is 31.3 Å². The molecule has 2 N–H and O–H groups in total. The van der Waals surface area contributed by atoms with E-state index in [0.29, 0.717) is 63.4 Å². The standard InChI is InChI=1S/C34H42ClN5O7/c1-33(2,3)46-31(42)39-16-12-20(39)19-45-25-18-38(7)15-13-21(25)27-28(37-24-11-9-10-22(35)29(24)44-8)26-23(36-27)14-17-40(30(26)41)32(43)47-34(4,5)6/h9-11,13,15,18,20H,12,14,16-17,19H2,1-8H3,(H,36,37,41)/p+1/t20-/m1/s1. The Morgan fingerprint density at radius 2 is 1.77 bits per heavy atom. The van der Waals surface area contributed by atoms with Crippen LogP contribution in [0.15, 0.2) is 36.7 Å². The van der Waals surface area contributed by atoms with Crippen LogP contribution in [0.5, 0.6) is 11.5 Å². The van der Waals surface area contributed by atoms with E-state index in [4.69, 9.17) is 30.5 Å². The maximum atomic E-state index is 14.0. The fraction of sp³-hybridized carbons (Fsp3) is 0.471. The van der Waals surface area contributed by atoms with Gasteiger partial charge in [0.1, 0.15) is 24.9 Å². The minimum absolute atomic E-state index is 0.149. The zero-order valence-electron chi connectivity index (χ0n) is 28.2. The Bertz CT molecular complexity index is 1690. The molecule has 252 valence electrons. The number of hydrogen-bond donors (Lipinski definition) is 2. The van der Waals surface area contributed by atoms with Crippen LogP contribution in [0, 0.1) is 0 Å². The fourth-order valence-electron chi connectivity index (χ4n) is 5.46. The summed E-state index contributed by atoms with van der Waals surface area (Å²) in [7, 11) is 3.39. The number of H-pyrrole nitrogens is 1. The number of rotatable bonds is 7. The number of methoxy groups -OCH3 is 1. The molecule has 0 spiro atoms. The summed E-state index contributed by atoms with van der Waals surface area (Å²) in [6.45, 7) is 11.8. The Morgan fingerprint density at radius 1 is 1.06 bits per heavy atom. The number of ether oxygens (including phenoxy) is 4. The van der Waals surface area contributed by atoms with Gasteiger partial charge in [-0.25, -0.2) is 19.1 Å². The Labute approximate surface area is 279 Å². The molecule has 1 fully saturated rings. The summed E-state index contributed by atoms with van der Waals surface area (Å²) >= 11 is 6.46. The topological polar surface area (TPSA) is 126 Å². The Kier molecular flexibility index (Phi) is 9.36. The number of imide groups is 1. The van der Waals surface area contributed by atoms with Crippen molar-refractivity contribution in [3.8, 4) is 22.8 Å². The number of halogens is 1. The van der Waals surface area contributed by atoms with Crippen LogP contribution in [0.2, 0.25) is 5.02 Å². The molecule has 3 amide bonds. The molecule has 3 aromatic rings. The van der Waals surface area contributed by atoms with E-state index in [9.17, 15) is 14.4 Å². The molecule has 4 heterocycles. The Morgan fingerprint density at radius 3 is 2.40 bits per heavy atom. The molecule has 0 unspecified atom stereocenters. The molecule has 0 radical (unpaired) electrons. The molecule has 0 bridgehead atoms. The molecule has 1 aromatic carbocycles. The second kappa shape index (κ2) is 13.0. The number of nitrogens with zero attached hydrogens (tertiary/aromatic N) is 3. The van der Waals surface area contributed by atoms with Crippen LogP contribution in [0.4, 0.5) is 21.0 Å². The summed E-state index contributed by atoms with van der Waals surface area (Å²) in [5, 5.41) is 3.76. The van der Waals surface area contributed by atoms with Crippen molar-refractivity contribution in [3.05, 3.63) is 52.9 Å². The molecule has 2 aromatic heterocycles. The summed E-state index contributed by atoms with van der Waals surface area (Å²) in [4.78, 5) is 46.1. The van der Waals surface area contributed by atoms with E-state index >= 15 is 0 Å². The van der Waals surface area contributed by atoms with E-state index < -0.39 is 23.2 Å². The molecule has 2 aliphatic rings. The second-order valence-corrected chi connectivity index (χ2v) is 14.1. The van der Waals surface area contributed by atoms with Gasteiger partial charge in [-0.05, 0) is 60.1 Å². The smallest absolute Gasteiger partial charge is 0.417 e. The number of fused-ring (bicyclic) bond motifs is 1. The third-order valence-electron chi connectivity index (χ3n) is 7.70. The van der Waals surface area contributed by atoms with Crippen molar-refractivity contribution in [3.63, 3.8) is 0 Å². The number of para-hydroxylation sites is 1. The van der Waals surface area contributed by atoms with Crippen molar-refractivity contribution in [2.75, 3.05) is 32.1 Å². The largest absolute Gasteiger partial charge is 0.493 e. The average Bonchev–Trinajstić information content (AvgIpc) is 3.29. The molecule has 12 nitrogen and oxygen atoms in total. The number of aryl methyl sites for hydroxylation is 1. The third kappa shape index (κ3) is 7.43. The first-order valence-electron chi connectivity index (χ1n) is 15.6. The Balaban J connectivity index is 1.54. The number of likely N-dealkylation sites (tertiary alicyclic amines) is 1. The number of carbonyl (C=O) groups excluding carboxylic acids is 3. The van der Waals surface area contributed by atoms with Crippen LogP contribution in [0.3, 0.4) is 0 Å². The lowest BCUT2D eigenvalue weighted by Gasteiger charge is -2.40. The van der Waals surface area contributed by atoms with E-state index in [1.165, 1.54) is 7.11 Å². The number of carbonyl (C=O) groups is 3. The van der Waals surface area contributed by atoms with Gasteiger partial charge in [-0.15, -0.1) is 0 Å². The summed E-state index contributed by atoms with van der Waals surface area (Å²) < 4.78 is 25.0. The summed E-state index contributed by atoms with van der Waals surface area (Å²) in [6.07, 6.45) is 3.78. The zero-order chi connectivity index (χ0) is 34.3. The zero-order valence-corrected chi connectivity index (χ0v) is 28.9. The van der Waals surface area contributed by atoms with Crippen LogP contribution < -0.4 is 19.4 Å². The van der Waals surface area contributed by atoms with Gasteiger partial charge < -0.3 is 34.1 Å². The number of nitrogens with one attached hydrogen (secondary N) is 2. The lowest BCUT2D eigenvalue weighted by atomic mass is 10.0. The molecule has 1 saturated heterocycles. The van der Waals surface area contributed by atoms with E-state index in [1.54, 1.807) is 43.9 Å². The van der Waals surface area contributed by atoms with Crippen molar-refractivity contribution in [1.29, 1.82) is 0 Å². The van der Waals surface area contributed by atoms with E-state index in [1.807, 2.05) is 50.8 Å². The molecular weight excluding hydrogens is 626 g/mol. The first kappa shape index (κ1) is 33.9. The average molecular weight is 669 g/mol. The molecule has 47 heavy (non-hydrogen) atoms. The van der Waals surface area contributed by atoms with Crippen molar-refractivity contribution >= 4 is 41.1 Å². The SMILES string of the molecule is COc1c(Cl)cccc1Nc1c(-c2cc[n+](C)cc2OC[C@H]2CCN2C(=O)OC(C)(C)C)[nH]c2c1C(=O)N(C(=O)OC(C)(C)C)CC2. The minimum Gasteiger partial charge on any atom is -0.493 e. The summed E-state index contributed by atoms with van der Waals surface area (Å²) in [6, 6.07) is 7.00. The highest BCUT2D eigenvalue weighted by Gasteiger charge is 2.39. The van der Waals surface area contributed by atoms with Gasteiger partial charge in [0.15, 0.2) is 17.7 Å². The van der Waals surface area contributed by atoms with Crippen molar-refractivity contribution in [1.82, 2.24) is 14.8 Å². The minimum atomic E-state index is -0.776. The fourth-order valence-corrected chi connectivity index (χ4v) is 5.71. The number of hydrogen-bond acceptors (Lipinski definition) is 8. The molecule has 2 aliphatic heterocycles. The number of benzene rings is 1. The molecule has 0 saturated carbocycles. The monoisotopic (exact) mass is 668 g/mol. The number of anilines is 2. The normalized spacial score (nSPS) is 16.3. The molecular formula is C34H43ClN5O7+. The highest BCUT2D eigenvalue weighted by atomic mass is 35.5. The van der Waals surface area contributed by atoms with Crippen LogP contribution >= 0.6 is 11.6 Å². The van der Waals surface area contributed by atoms with Crippen LogP contribution in [0.25, 0.3) is 11.3 Å². The van der Waals surface area contributed by atoms with Gasteiger partial charge in [-0.1, -0.05) is 17.7 Å². The maximum Gasteiger partial charge on any atom is 0.417 e.